The fourth-order valence-corrected chi connectivity index (χ4v) is 8.59. The summed E-state index contributed by atoms with van der Waals surface area (Å²) < 4.78 is 0. The van der Waals surface area contributed by atoms with E-state index in [1.165, 1.54) is 83.5 Å². The van der Waals surface area contributed by atoms with Crippen LogP contribution in [0, 0.1) is 0 Å². The van der Waals surface area contributed by atoms with Gasteiger partial charge in [0.1, 0.15) is 0 Å². The van der Waals surface area contributed by atoms with E-state index < -0.39 is 0 Å². The van der Waals surface area contributed by atoms with Crippen LogP contribution < -0.4 is 4.90 Å². The van der Waals surface area contributed by atoms with E-state index >= 15 is 0 Å². The van der Waals surface area contributed by atoms with Crippen molar-refractivity contribution in [3.05, 3.63) is 167 Å². The molecule has 1 heteroatoms. The van der Waals surface area contributed by atoms with Gasteiger partial charge in [-0.2, -0.15) is 0 Å². The molecule has 6 aromatic rings. The molecular weight excluding hydrogens is 567 g/mol. The van der Waals surface area contributed by atoms with Gasteiger partial charge in [-0.1, -0.05) is 137 Å². The zero-order valence-corrected chi connectivity index (χ0v) is 27.6. The van der Waals surface area contributed by atoms with Crippen molar-refractivity contribution in [3.8, 4) is 22.3 Å². The zero-order chi connectivity index (χ0) is 31.9. The molecule has 0 atom stereocenters. The molecule has 0 aliphatic heterocycles. The average Bonchev–Trinajstić information content (AvgIpc) is 3.48. The first-order valence-electron chi connectivity index (χ1n) is 17.0. The normalized spacial score (nSPS) is 16.3. The second-order valence-corrected chi connectivity index (χ2v) is 14.5. The van der Waals surface area contributed by atoms with Gasteiger partial charge in [-0.3, -0.25) is 0 Å². The number of hydrogen-bond donors (Lipinski definition) is 0. The maximum Gasteiger partial charge on any atom is 0.0621 e. The summed E-state index contributed by atoms with van der Waals surface area (Å²) in [5.41, 5.74) is 16.9. The maximum absolute atomic E-state index is 2.55. The first-order valence-corrected chi connectivity index (χ1v) is 17.0. The second kappa shape index (κ2) is 10.2. The first kappa shape index (κ1) is 28.1. The van der Waals surface area contributed by atoms with Crippen molar-refractivity contribution < 1.29 is 0 Å². The molecular formula is C46H39N. The highest BCUT2D eigenvalue weighted by Gasteiger charge is 2.40. The Balaban J connectivity index is 1.34. The lowest BCUT2D eigenvalue weighted by atomic mass is 9.81. The number of allylic oxidation sites excluding steroid dienone is 4. The maximum atomic E-state index is 2.55. The summed E-state index contributed by atoms with van der Waals surface area (Å²) >= 11 is 0. The molecule has 0 unspecified atom stereocenters. The monoisotopic (exact) mass is 605 g/mol. The summed E-state index contributed by atoms with van der Waals surface area (Å²) in [6.07, 6.45) is 9.15. The van der Waals surface area contributed by atoms with Crippen LogP contribution in [0.4, 0.5) is 17.1 Å². The van der Waals surface area contributed by atoms with Gasteiger partial charge in [0.2, 0.25) is 0 Å². The molecule has 9 rings (SSSR count). The van der Waals surface area contributed by atoms with E-state index in [9.17, 15) is 0 Å². The summed E-state index contributed by atoms with van der Waals surface area (Å²) in [5, 5.41) is 2.54. The van der Waals surface area contributed by atoms with Crippen molar-refractivity contribution in [1.82, 2.24) is 0 Å². The third kappa shape index (κ3) is 4.09. The number of fused-ring (bicyclic) bond motifs is 7. The van der Waals surface area contributed by atoms with Gasteiger partial charge in [0, 0.05) is 33.2 Å². The Morgan fingerprint density at radius 3 is 1.94 bits per heavy atom. The highest BCUT2D eigenvalue weighted by Crippen LogP contribution is 2.57. The SMILES string of the molecule is CC1(C)c2ccccc2-c2ccc(N(c3ccc(C4=CCCC=C4)cc3)c3c4c(cc5ccccc35)C(C)(C)c3ccccc3-4)cc21. The van der Waals surface area contributed by atoms with E-state index in [0.29, 0.717) is 0 Å². The first-order chi connectivity index (χ1) is 22.8. The zero-order valence-electron chi connectivity index (χ0n) is 27.6. The van der Waals surface area contributed by atoms with Gasteiger partial charge < -0.3 is 4.90 Å². The van der Waals surface area contributed by atoms with Gasteiger partial charge in [-0.15, -0.1) is 0 Å². The standard InChI is InChI=1S/C46H39N/c1-45(2)39-20-12-10-18-36(39)37-27-26-34(29-41(37)45)47(33-24-22-31(23-25-33)30-14-6-5-7-15-30)44-35-17-9-8-16-32(35)28-42-43(44)38-19-11-13-21-40(38)46(42,3)4/h6,8-29H,5,7H2,1-4H3. The predicted molar refractivity (Wildman–Crippen MR) is 200 cm³/mol. The molecule has 3 aliphatic rings. The third-order valence-electron chi connectivity index (χ3n) is 11.1. The summed E-state index contributed by atoms with van der Waals surface area (Å²) in [4.78, 5) is 2.55. The van der Waals surface area contributed by atoms with Crippen molar-refractivity contribution in [2.45, 2.75) is 51.4 Å². The number of benzene rings is 6. The molecule has 0 amide bonds. The number of rotatable bonds is 4. The van der Waals surface area contributed by atoms with Crippen LogP contribution >= 0.6 is 0 Å². The number of hydrogen-bond acceptors (Lipinski definition) is 1. The van der Waals surface area contributed by atoms with Gasteiger partial charge in [0.25, 0.3) is 0 Å². The molecule has 0 spiro atoms. The highest BCUT2D eigenvalue weighted by molar-refractivity contribution is 6.10. The fourth-order valence-electron chi connectivity index (χ4n) is 8.59. The fraction of sp³-hybridized carbons (Fsp3) is 0.174. The molecule has 3 aliphatic carbocycles. The quantitative estimate of drug-likeness (QED) is 0.193. The van der Waals surface area contributed by atoms with Gasteiger partial charge in [-0.25, -0.2) is 0 Å². The van der Waals surface area contributed by atoms with Crippen LogP contribution in [0.2, 0.25) is 0 Å². The summed E-state index contributed by atoms with van der Waals surface area (Å²) in [6, 6.07) is 45.8. The summed E-state index contributed by atoms with van der Waals surface area (Å²) in [7, 11) is 0. The highest BCUT2D eigenvalue weighted by atomic mass is 15.1. The Labute approximate surface area is 278 Å². The van der Waals surface area contributed by atoms with Gasteiger partial charge in [-0.05, 0) is 98.6 Å². The molecule has 0 aromatic heterocycles. The lowest BCUT2D eigenvalue weighted by Crippen LogP contribution is -2.18. The minimum Gasteiger partial charge on any atom is -0.309 e. The predicted octanol–water partition coefficient (Wildman–Crippen LogP) is 12.7. The number of nitrogens with zero attached hydrogens (tertiary/aromatic N) is 1. The molecule has 0 heterocycles. The Morgan fingerprint density at radius 2 is 1.17 bits per heavy atom. The van der Waals surface area contributed by atoms with Crippen molar-refractivity contribution in [3.63, 3.8) is 0 Å². The average molecular weight is 606 g/mol. The molecule has 0 N–H and O–H groups in total. The van der Waals surface area contributed by atoms with Crippen LogP contribution in [0.5, 0.6) is 0 Å². The second-order valence-electron chi connectivity index (χ2n) is 14.5. The van der Waals surface area contributed by atoms with Crippen LogP contribution in [-0.4, -0.2) is 0 Å². The summed E-state index contributed by atoms with van der Waals surface area (Å²) in [5.74, 6) is 0. The van der Waals surface area contributed by atoms with Crippen molar-refractivity contribution in [2.75, 3.05) is 4.90 Å². The number of anilines is 3. The van der Waals surface area contributed by atoms with Crippen LogP contribution in [-0.2, 0) is 10.8 Å². The smallest absolute Gasteiger partial charge is 0.0621 e. The van der Waals surface area contributed by atoms with E-state index in [1.54, 1.807) is 0 Å². The van der Waals surface area contributed by atoms with Gasteiger partial charge in [0.05, 0.1) is 5.69 Å². The topological polar surface area (TPSA) is 3.24 Å². The lowest BCUT2D eigenvalue weighted by molar-refractivity contribution is 0.660. The van der Waals surface area contributed by atoms with Crippen molar-refractivity contribution in [2.24, 2.45) is 0 Å². The molecule has 47 heavy (non-hydrogen) atoms. The molecule has 228 valence electrons. The Morgan fingerprint density at radius 1 is 0.532 bits per heavy atom. The van der Waals surface area contributed by atoms with Gasteiger partial charge in [0.15, 0.2) is 0 Å². The minimum absolute atomic E-state index is 0.0907. The van der Waals surface area contributed by atoms with E-state index in [0.717, 1.165) is 12.8 Å². The Hall–Kier alpha value is -5.14. The van der Waals surface area contributed by atoms with Crippen LogP contribution in [0.3, 0.4) is 0 Å². The third-order valence-corrected chi connectivity index (χ3v) is 11.1. The molecule has 0 saturated carbocycles. The summed E-state index contributed by atoms with van der Waals surface area (Å²) in [6.45, 7) is 9.52. The Bertz CT molecular complexity index is 2290. The molecule has 0 bridgehead atoms. The lowest BCUT2D eigenvalue weighted by Gasteiger charge is -2.32. The van der Waals surface area contributed by atoms with Crippen LogP contribution in [0.1, 0.15) is 68.4 Å². The minimum atomic E-state index is -0.110. The van der Waals surface area contributed by atoms with Crippen molar-refractivity contribution >= 4 is 33.4 Å². The van der Waals surface area contributed by atoms with E-state index in [-0.39, 0.29) is 10.8 Å². The van der Waals surface area contributed by atoms with E-state index in [1.807, 2.05) is 0 Å². The van der Waals surface area contributed by atoms with Crippen LogP contribution in [0.15, 0.2) is 140 Å². The Kier molecular flexibility index (Phi) is 6.09. The largest absolute Gasteiger partial charge is 0.309 e. The molecule has 0 saturated heterocycles. The molecule has 6 aromatic carbocycles. The molecule has 0 radical (unpaired) electrons. The van der Waals surface area contributed by atoms with Crippen molar-refractivity contribution in [1.29, 1.82) is 0 Å². The van der Waals surface area contributed by atoms with E-state index in [2.05, 4.69) is 172 Å². The molecule has 1 nitrogen and oxygen atoms in total. The van der Waals surface area contributed by atoms with E-state index in [4.69, 9.17) is 0 Å². The molecule has 0 fully saturated rings. The van der Waals surface area contributed by atoms with Gasteiger partial charge >= 0.3 is 0 Å². The van der Waals surface area contributed by atoms with Crippen LogP contribution in [0.25, 0.3) is 38.6 Å².